The Balaban J connectivity index is 2.01. The molecule has 0 aromatic rings. The molecule has 1 aliphatic heterocycles. The first kappa shape index (κ1) is 38.9. The fourth-order valence-electron chi connectivity index (χ4n) is 6.33. The van der Waals surface area contributed by atoms with Gasteiger partial charge in [-0.15, -0.1) is 0 Å². The molecule has 0 aliphatic carbocycles. The normalized spacial score (nSPS) is 16.8. The molecular weight excluding hydrogens is 522 g/mol. The highest BCUT2D eigenvalue weighted by atomic mass is 16.5. The zero-order chi connectivity index (χ0) is 30.5. The highest BCUT2D eigenvalue weighted by molar-refractivity contribution is 5.85. The number of hydrogen-bond acceptors (Lipinski definition) is 4. The van der Waals surface area contributed by atoms with Crippen molar-refractivity contribution >= 4 is 11.9 Å². The zero-order valence-corrected chi connectivity index (χ0v) is 28.2. The number of aliphatic hydroxyl groups excluding tert-OH is 1. The minimum atomic E-state index is -0.814. The third-order valence-corrected chi connectivity index (χ3v) is 9.16. The predicted octanol–water partition coefficient (Wildman–Crippen LogP) is 10.5. The topological polar surface area (TPSA) is 66.8 Å². The van der Waals surface area contributed by atoms with Crippen LogP contribution in [0, 0.1) is 0 Å². The second-order valence-corrected chi connectivity index (χ2v) is 13.1. The van der Waals surface area contributed by atoms with Gasteiger partial charge in [0, 0.05) is 13.0 Å². The van der Waals surface area contributed by atoms with Crippen molar-refractivity contribution in [2.24, 2.45) is 0 Å². The Morgan fingerprint density at radius 2 is 0.929 bits per heavy atom. The molecule has 0 saturated carbocycles. The lowest BCUT2D eigenvalue weighted by Gasteiger charge is -2.24. The predicted molar refractivity (Wildman–Crippen MR) is 178 cm³/mol. The average Bonchev–Trinajstić information content (AvgIpc) is 3.38. The Morgan fingerprint density at radius 3 is 1.33 bits per heavy atom. The first-order chi connectivity index (χ1) is 20.6. The molecule has 1 saturated heterocycles. The van der Waals surface area contributed by atoms with Gasteiger partial charge in [0.2, 0.25) is 5.91 Å². The van der Waals surface area contributed by atoms with Gasteiger partial charge in [-0.2, -0.15) is 0 Å². The monoisotopic (exact) mass is 594 g/mol. The van der Waals surface area contributed by atoms with E-state index in [9.17, 15) is 14.7 Å². The minimum Gasteiger partial charge on any atom is -0.464 e. The van der Waals surface area contributed by atoms with Crippen LogP contribution in [-0.2, 0) is 14.3 Å². The van der Waals surface area contributed by atoms with E-state index in [-0.39, 0.29) is 5.91 Å². The summed E-state index contributed by atoms with van der Waals surface area (Å²) in [4.78, 5) is 27.1. The molecule has 0 radical (unpaired) electrons. The van der Waals surface area contributed by atoms with Gasteiger partial charge in [0.15, 0.2) is 6.04 Å². The summed E-state index contributed by atoms with van der Waals surface area (Å²) in [5, 5.41) is 10.4. The largest absolute Gasteiger partial charge is 0.464 e. The summed E-state index contributed by atoms with van der Waals surface area (Å²) < 4.78 is 5.51. The van der Waals surface area contributed by atoms with Crippen molar-refractivity contribution in [3.63, 3.8) is 0 Å². The second-order valence-electron chi connectivity index (χ2n) is 13.1. The Labute approximate surface area is 261 Å². The summed E-state index contributed by atoms with van der Waals surface area (Å²) in [5.74, 6) is -0.429. The highest BCUT2D eigenvalue weighted by Crippen LogP contribution is 2.22. The molecule has 0 aromatic carbocycles. The SMILES string of the molecule is CCCCCCCCCCCCCCCCOC(=O)[C@@H]1C(O)CCN1C(=O)CCCCCCCCCCCCCCC. The lowest BCUT2D eigenvalue weighted by Crippen LogP contribution is -2.46. The van der Waals surface area contributed by atoms with Crippen LogP contribution < -0.4 is 0 Å². The average molecular weight is 594 g/mol. The fourth-order valence-corrected chi connectivity index (χ4v) is 6.33. The van der Waals surface area contributed by atoms with E-state index in [1.54, 1.807) is 4.90 Å². The summed E-state index contributed by atoms with van der Waals surface area (Å²) in [7, 11) is 0. The highest BCUT2D eigenvalue weighted by Gasteiger charge is 2.41. The Hall–Kier alpha value is -1.10. The van der Waals surface area contributed by atoms with Gasteiger partial charge in [0.1, 0.15) is 0 Å². The molecule has 42 heavy (non-hydrogen) atoms. The standard InChI is InChI=1S/C37H71NO4/c1-3-5-7-9-11-13-15-17-19-21-23-25-27-29-33-42-37(41)36-34(39)31-32-38(36)35(40)30-28-26-24-22-20-18-16-14-12-10-8-6-4-2/h34,36,39H,3-33H2,1-2H3/t34?,36-/m0/s1. The van der Waals surface area contributed by atoms with Crippen molar-refractivity contribution in [1.82, 2.24) is 4.90 Å². The summed E-state index contributed by atoms with van der Waals surface area (Å²) in [5.41, 5.74) is 0. The molecule has 5 heteroatoms. The molecular formula is C37H71NO4. The summed E-state index contributed by atoms with van der Waals surface area (Å²) in [6, 6.07) is -0.814. The number of hydrogen-bond donors (Lipinski definition) is 1. The molecule has 1 amide bonds. The molecule has 5 nitrogen and oxygen atoms in total. The molecule has 2 atom stereocenters. The van der Waals surface area contributed by atoms with Gasteiger partial charge < -0.3 is 14.7 Å². The van der Waals surface area contributed by atoms with Crippen LogP contribution in [0.5, 0.6) is 0 Å². The van der Waals surface area contributed by atoms with Crippen LogP contribution in [0.15, 0.2) is 0 Å². The lowest BCUT2D eigenvalue weighted by molar-refractivity contribution is -0.156. The van der Waals surface area contributed by atoms with Crippen molar-refractivity contribution in [1.29, 1.82) is 0 Å². The molecule has 1 fully saturated rings. The quantitative estimate of drug-likeness (QED) is 0.0664. The van der Waals surface area contributed by atoms with Gasteiger partial charge in [0.05, 0.1) is 12.7 Å². The van der Waals surface area contributed by atoms with E-state index >= 15 is 0 Å². The number of aliphatic hydroxyl groups is 1. The maximum absolute atomic E-state index is 12.8. The van der Waals surface area contributed by atoms with E-state index in [1.807, 2.05) is 0 Å². The van der Waals surface area contributed by atoms with Crippen molar-refractivity contribution in [3.05, 3.63) is 0 Å². The van der Waals surface area contributed by atoms with Crippen LogP contribution in [0.3, 0.4) is 0 Å². The number of unbranched alkanes of at least 4 members (excludes halogenated alkanes) is 25. The van der Waals surface area contributed by atoms with Crippen molar-refractivity contribution in [2.75, 3.05) is 13.2 Å². The molecule has 0 aromatic heterocycles. The molecule has 0 spiro atoms. The number of carbonyl (C=O) groups is 2. The maximum Gasteiger partial charge on any atom is 0.331 e. The zero-order valence-electron chi connectivity index (χ0n) is 28.2. The first-order valence-electron chi connectivity index (χ1n) is 18.8. The number of carbonyl (C=O) groups excluding carboxylic acids is 2. The summed E-state index contributed by atoms with van der Waals surface area (Å²) >= 11 is 0. The number of esters is 1. The number of nitrogens with zero attached hydrogens (tertiary/aromatic N) is 1. The molecule has 1 heterocycles. The van der Waals surface area contributed by atoms with E-state index in [4.69, 9.17) is 4.74 Å². The molecule has 1 N–H and O–H groups in total. The fraction of sp³-hybridized carbons (Fsp3) is 0.946. The molecule has 1 rings (SSSR count). The smallest absolute Gasteiger partial charge is 0.331 e. The number of rotatable bonds is 30. The summed E-state index contributed by atoms with van der Waals surface area (Å²) in [6.07, 6.45) is 34.8. The van der Waals surface area contributed by atoms with E-state index < -0.39 is 18.1 Å². The third kappa shape index (κ3) is 20.7. The Morgan fingerprint density at radius 1 is 0.571 bits per heavy atom. The maximum atomic E-state index is 12.8. The molecule has 248 valence electrons. The van der Waals surface area contributed by atoms with Crippen molar-refractivity contribution < 1.29 is 19.4 Å². The second kappa shape index (κ2) is 28.7. The Kier molecular flexibility index (Phi) is 26.6. The van der Waals surface area contributed by atoms with Gasteiger partial charge in [0.25, 0.3) is 0 Å². The lowest BCUT2D eigenvalue weighted by atomic mass is 10.0. The van der Waals surface area contributed by atoms with Gasteiger partial charge in [-0.25, -0.2) is 4.79 Å². The number of ether oxygens (including phenoxy) is 1. The van der Waals surface area contributed by atoms with Gasteiger partial charge >= 0.3 is 5.97 Å². The summed E-state index contributed by atoms with van der Waals surface area (Å²) in [6.45, 7) is 5.38. The molecule has 0 bridgehead atoms. The van der Waals surface area contributed by atoms with Crippen LogP contribution in [0.4, 0.5) is 0 Å². The van der Waals surface area contributed by atoms with Crippen molar-refractivity contribution in [3.8, 4) is 0 Å². The van der Waals surface area contributed by atoms with Crippen LogP contribution in [0.1, 0.15) is 200 Å². The van der Waals surface area contributed by atoms with Crippen LogP contribution >= 0.6 is 0 Å². The van der Waals surface area contributed by atoms with E-state index in [0.717, 1.165) is 25.7 Å². The van der Waals surface area contributed by atoms with Crippen LogP contribution in [0.2, 0.25) is 0 Å². The van der Waals surface area contributed by atoms with E-state index in [2.05, 4.69) is 13.8 Å². The molecule has 1 unspecified atom stereocenters. The third-order valence-electron chi connectivity index (χ3n) is 9.16. The van der Waals surface area contributed by atoms with Gasteiger partial charge in [-0.3, -0.25) is 4.79 Å². The molecule has 1 aliphatic rings. The Bertz CT molecular complexity index is 625. The van der Waals surface area contributed by atoms with Crippen LogP contribution in [-0.4, -0.2) is 47.2 Å². The van der Waals surface area contributed by atoms with Gasteiger partial charge in [-0.1, -0.05) is 174 Å². The van der Waals surface area contributed by atoms with E-state index in [1.165, 1.54) is 148 Å². The number of likely N-dealkylation sites (tertiary alicyclic amines) is 1. The first-order valence-corrected chi connectivity index (χ1v) is 18.8. The van der Waals surface area contributed by atoms with Crippen LogP contribution in [0.25, 0.3) is 0 Å². The minimum absolute atomic E-state index is 0.00642. The number of amides is 1. The van der Waals surface area contributed by atoms with Crippen molar-refractivity contribution in [2.45, 2.75) is 212 Å². The van der Waals surface area contributed by atoms with Gasteiger partial charge in [-0.05, 0) is 19.3 Å². The van der Waals surface area contributed by atoms with E-state index in [0.29, 0.717) is 26.0 Å².